The van der Waals surface area contributed by atoms with E-state index in [9.17, 15) is 0 Å². The van der Waals surface area contributed by atoms with Crippen molar-refractivity contribution >= 4 is 0 Å². The quantitative estimate of drug-likeness (QED) is 0.860. The molecule has 2 saturated heterocycles. The maximum Gasteiger partial charge on any atom is 0.0594 e. The van der Waals surface area contributed by atoms with E-state index in [0.29, 0.717) is 5.41 Å². The zero-order valence-electron chi connectivity index (χ0n) is 13.9. The van der Waals surface area contributed by atoms with Crippen LogP contribution in [0.5, 0.6) is 0 Å². The van der Waals surface area contributed by atoms with Gasteiger partial charge in [-0.1, -0.05) is 20.3 Å². The van der Waals surface area contributed by atoms with Gasteiger partial charge in [0.15, 0.2) is 0 Å². The first-order chi connectivity index (χ1) is 10.0. The van der Waals surface area contributed by atoms with E-state index in [-0.39, 0.29) is 5.54 Å². The Bertz CT molecular complexity index is 354. The maximum absolute atomic E-state index is 6.29. The van der Waals surface area contributed by atoms with E-state index in [2.05, 4.69) is 23.6 Å². The van der Waals surface area contributed by atoms with Crippen LogP contribution in [0.1, 0.15) is 46.0 Å². The van der Waals surface area contributed by atoms with E-state index in [1.54, 1.807) is 0 Å². The molecule has 0 aromatic heterocycles. The molecule has 0 bridgehead atoms. The van der Waals surface area contributed by atoms with Gasteiger partial charge < -0.3 is 10.5 Å². The fraction of sp³-hybridized carbons (Fsp3) is 1.00. The summed E-state index contributed by atoms with van der Waals surface area (Å²) < 4.78 is 5.50. The Morgan fingerprint density at radius 3 is 2.57 bits per heavy atom. The molecular formula is C17H33N3O. The largest absolute Gasteiger partial charge is 0.379 e. The number of morpholine rings is 1. The van der Waals surface area contributed by atoms with Gasteiger partial charge in [0, 0.05) is 44.3 Å². The number of likely N-dealkylation sites (tertiary alicyclic amines) is 1. The third kappa shape index (κ3) is 3.29. The summed E-state index contributed by atoms with van der Waals surface area (Å²) in [6.07, 6.45) is 6.57. The fourth-order valence-corrected chi connectivity index (χ4v) is 4.95. The third-order valence-electron chi connectivity index (χ3n) is 6.08. The van der Waals surface area contributed by atoms with Crippen molar-refractivity contribution in [3.05, 3.63) is 0 Å². The molecule has 2 heterocycles. The third-order valence-corrected chi connectivity index (χ3v) is 6.08. The Kier molecular flexibility index (Phi) is 4.60. The molecule has 0 aromatic carbocycles. The molecule has 2 unspecified atom stereocenters. The van der Waals surface area contributed by atoms with E-state index < -0.39 is 0 Å². The SMILES string of the molecule is CC1(C)CCCC(CN)(N2CCC(N3CCOCC3)C2)C1. The van der Waals surface area contributed by atoms with E-state index in [1.165, 1.54) is 45.2 Å². The van der Waals surface area contributed by atoms with Crippen LogP contribution in [0, 0.1) is 5.41 Å². The summed E-state index contributed by atoms with van der Waals surface area (Å²) in [4.78, 5) is 5.38. The van der Waals surface area contributed by atoms with Crippen LogP contribution in [0.3, 0.4) is 0 Å². The van der Waals surface area contributed by atoms with Crippen LogP contribution in [-0.2, 0) is 4.74 Å². The van der Waals surface area contributed by atoms with Gasteiger partial charge in [-0.2, -0.15) is 0 Å². The van der Waals surface area contributed by atoms with E-state index in [4.69, 9.17) is 10.5 Å². The molecule has 0 aromatic rings. The summed E-state index contributed by atoms with van der Waals surface area (Å²) in [5.41, 5.74) is 7.01. The summed E-state index contributed by atoms with van der Waals surface area (Å²) in [6.45, 7) is 12.2. The van der Waals surface area contributed by atoms with Crippen molar-refractivity contribution in [3.63, 3.8) is 0 Å². The van der Waals surface area contributed by atoms with E-state index in [0.717, 1.165) is 38.9 Å². The van der Waals surface area contributed by atoms with Crippen molar-refractivity contribution in [2.45, 2.75) is 57.5 Å². The fourth-order valence-electron chi connectivity index (χ4n) is 4.95. The van der Waals surface area contributed by atoms with Crippen molar-refractivity contribution in [1.82, 2.24) is 9.80 Å². The number of nitrogens with zero attached hydrogens (tertiary/aromatic N) is 2. The van der Waals surface area contributed by atoms with E-state index >= 15 is 0 Å². The molecule has 0 amide bonds. The van der Waals surface area contributed by atoms with Crippen molar-refractivity contribution in [2.24, 2.45) is 11.1 Å². The first-order valence-corrected chi connectivity index (χ1v) is 8.82. The smallest absolute Gasteiger partial charge is 0.0594 e. The molecule has 0 radical (unpaired) electrons. The zero-order chi connectivity index (χ0) is 14.9. The average molecular weight is 295 g/mol. The van der Waals surface area contributed by atoms with Gasteiger partial charge in [0.05, 0.1) is 13.2 Å². The summed E-state index contributed by atoms with van der Waals surface area (Å²) in [5.74, 6) is 0. The van der Waals surface area contributed by atoms with Crippen molar-refractivity contribution in [3.8, 4) is 0 Å². The first-order valence-electron chi connectivity index (χ1n) is 8.82. The highest BCUT2D eigenvalue weighted by molar-refractivity contribution is 5.02. The van der Waals surface area contributed by atoms with Crippen LogP contribution < -0.4 is 5.73 Å². The average Bonchev–Trinajstić information content (AvgIpc) is 2.97. The molecule has 21 heavy (non-hydrogen) atoms. The van der Waals surface area contributed by atoms with Crippen LogP contribution in [0.2, 0.25) is 0 Å². The Morgan fingerprint density at radius 2 is 1.90 bits per heavy atom. The lowest BCUT2D eigenvalue weighted by atomic mass is 9.67. The van der Waals surface area contributed by atoms with Crippen LogP contribution in [-0.4, -0.2) is 67.3 Å². The molecule has 1 saturated carbocycles. The lowest BCUT2D eigenvalue weighted by Gasteiger charge is -2.50. The van der Waals surface area contributed by atoms with Gasteiger partial charge in [-0.05, 0) is 31.1 Å². The standard InChI is InChI=1S/C17H33N3O/c1-16(2)5-3-6-17(13-16,14-18)20-7-4-15(12-20)19-8-10-21-11-9-19/h15H,3-14,18H2,1-2H3. The molecular weight excluding hydrogens is 262 g/mol. The molecule has 1 aliphatic carbocycles. The number of hydrogen-bond donors (Lipinski definition) is 1. The topological polar surface area (TPSA) is 41.7 Å². The number of ether oxygens (including phenoxy) is 1. The van der Waals surface area contributed by atoms with Crippen molar-refractivity contribution < 1.29 is 4.74 Å². The van der Waals surface area contributed by atoms with Gasteiger partial charge in [0.1, 0.15) is 0 Å². The summed E-state index contributed by atoms with van der Waals surface area (Å²) in [7, 11) is 0. The second-order valence-electron chi connectivity index (χ2n) is 8.16. The molecule has 2 atom stereocenters. The predicted molar refractivity (Wildman–Crippen MR) is 86.4 cm³/mol. The maximum atomic E-state index is 6.29. The van der Waals surface area contributed by atoms with Gasteiger partial charge in [-0.25, -0.2) is 0 Å². The number of nitrogens with two attached hydrogens (primary N) is 1. The summed E-state index contributed by atoms with van der Waals surface area (Å²) >= 11 is 0. The summed E-state index contributed by atoms with van der Waals surface area (Å²) in [5, 5.41) is 0. The zero-order valence-corrected chi connectivity index (χ0v) is 13.9. The molecule has 4 nitrogen and oxygen atoms in total. The van der Waals surface area contributed by atoms with Crippen LogP contribution in [0.25, 0.3) is 0 Å². The number of rotatable bonds is 3. The van der Waals surface area contributed by atoms with Gasteiger partial charge >= 0.3 is 0 Å². The lowest BCUT2D eigenvalue weighted by Crippen LogP contribution is -2.57. The Labute approximate surface area is 130 Å². The second-order valence-corrected chi connectivity index (χ2v) is 8.16. The highest BCUT2D eigenvalue weighted by Gasteiger charge is 2.46. The number of hydrogen-bond acceptors (Lipinski definition) is 4. The monoisotopic (exact) mass is 295 g/mol. The van der Waals surface area contributed by atoms with Crippen LogP contribution in [0.4, 0.5) is 0 Å². The minimum absolute atomic E-state index is 0.267. The molecule has 122 valence electrons. The molecule has 3 fully saturated rings. The molecule has 3 aliphatic rings. The molecule has 2 aliphatic heterocycles. The Balaban J connectivity index is 1.65. The molecule has 0 spiro atoms. The van der Waals surface area contributed by atoms with Crippen molar-refractivity contribution in [1.29, 1.82) is 0 Å². The van der Waals surface area contributed by atoms with Gasteiger partial charge in [0.25, 0.3) is 0 Å². The molecule has 3 rings (SSSR count). The van der Waals surface area contributed by atoms with E-state index in [1.807, 2.05) is 0 Å². The van der Waals surface area contributed by atoms with Crippen LogP contribution in [0.15, 0.2) is 0 Å². The molecule has 2 N–H and O–H groups in total. The lowest BCUT2D eigenvalue weighted by molar-refractivity contribution is 0.00164. The molecule has 4 heteroatoms. The Hall–Kier alpha value is -0.160. The van der Waals surface area contributed by atoms with Gasteiger partial charge in [-0.15, -0.1) is 0 Å². The minimum atomic E-state index is 0.267. The summed E-state index contributed by atoms with van der Waals surface area (Å²) in [6, 6.07) is 0.724. The minimum Gasteiger partial charge on any atom is -0.379 e. The first kappa shape index (κ1) is 15.7. The highest BCUT2D eigenvalue weighted by Crippen LogP contribution is 2.44. The van der Waals surface area contributed by atoms with Crippen LogP contribution >= 0.6 is 0 Å². The van der Waals surface area contributed by atoms with Gasteiger partial charge in [0.2, 0.25) is 0 Å². The predicted octanol–water partition coefficient (Wildman–Crippen LogP) is 1.69. The normalized spacial score (nSPS) is 38.7. The Morgan fingerprint density at radius 1 is 1.14 bits per heavy atom. The highest BCUT2D eigenvalue weighted by atomic mass is 16.5. The van der Waals surface area contributed by atoms with Gasteiger partial charge in [-0.3, -0.25) is 9.80 Å². The second kappa shape index (κ2) is 6.15. The van der Waals surface area contributed by atoms with Crippen molar-refractivity contribution in [2.75, 3.05) is 45.9 Å².